The molecule has 0 saturated carbocycles. The van der Waals surface area contributed by atoms with Crippen molar-refractivity contribution in [2.45, 2.75) is 52.5 Å². The molecule has 8 heteroatoms. The van der Waals surface area contributed by atoms with Crippen molar-refractivity contribution in [3.63, 3.8) is 0 Å². The van der Waals surface area contributed by atoms with E-state index < -0.39 is 10.0 Å². The van der Waals surface area contributed by atoms with Gasteiger partial charge in [0.15, 0.2) is 11.3 Å². The van der Waals surface area contributed by atoms with Gasteiger partial charge in [0, 0.05) is 24.4 Å². The lowest BCUT2D eigenvalue weighted by molar-refractivity contribution is -0.126. The van der Waals surface area contributed by atoms with Crippen LogP contribution >= 0.6 is 0 Å². The van der Waals surface area contributed by atoms with Crippen LogP contribution in [0.15, 0.2) is 28.7 Å². The molecule has 1 unspecified atom stereocenters. The summed E-state index contributed by atoms with van der Waals surface area (Å²) < 4.78 is 37.8. The molecule has 1 saturated heterocycles. The van der Waals surface area contributed by atoms with Crippen molar-refractivity contribution in [3.8, 4) is 5.75 Å². The highest BCUT2D eigenvalue weighted by atomic mass is 32.2. The molecule has 1 aliphatic rings. The minimum atomic E-state index is -3.21. The second kappa shape index (κ2) is 9.83. The van der Waals surface area contributed by atoms with Crippen molar-refractivity contribution >= 4 is 26.9 Å². The van der Waals surface area contributed by atoms with Gasteiger partial charge in [0.25, 0.3) is 0 Å². The largest absolute Gasteiger partial charge is 0.490 e. The highest BCUT2D eigenvalue weighted by Crippen LogP contribution is 2.31. The SMILES string of the molecule is CCCCS(=O)(=O)N1CCC(C(=O)NC(C)c2cc3cccc(OCC)c3o2)CC1. The molecular formula is C22H32N2O5S. The Hall–Kier alpha value is -2.06. The van der Waals surface area contributed by atoms with Crippen LogP contribution in [0.3, 0.4) is 0 Å². The van der Waals surface area contributed by atoms with Crippen molar-refractivity contribution in [1.82, 2.24) is 9.62 Å². The van der Waals surface area contributed by atoms with Crippen LogP contribution in [-0.4, -0.2) is 44.1 Å². The van der Waals surface area contributed by atoms with Gasteiger partial charge >= 0.3 is 0 Å². The molecule has 1 aromatic carbocycles. The number of benzene rings is 1. The van der Waals surface area contributed by atoms with E-state index in [1.807, 2.05) is 45.0 Å². The van der Waals surface area contributed by atoms with Crippen molar-refractivity contribution < 1.29 is 22.4 Å². The molecule has 1 aliphatic heterocycles. The number of hydrogen-bond acceptors (Lipinski definition) is 5. The van der Waals surface area contributed by atoms with E-state index in [-0.39, 0.29) is 23.6 Å². The minimum Gasteiger partial charge on any atom is -0.490 e. The summed E-state index contributed by atoms with van der Waals surface area (Å²) >= 11 is 0. The van der Waals surface area contributed by atoms with E-state index in [4.69, 9.17) is 9.15 Å². The zero-order chi connectivity index (χ0) is 21.7. The summed E-state index contributed by atoms with van der Waals surface area (Å²) in [5, 5.41) is 3.96. The van der Waals surface area contributed by atoms with Gasteiger partial charge in [-0.3, -0.25) is 4.79 Å². The number of para-hydroxylation sites is 1. The number of fused-ring (bicyclic) bond motifs is 1. The molecule has 2 heterocycles. The first-order chi connectivity index (χ1) is 14.4. The van der Waals surface area contributed by atoms with Crippen LogP contribution in [0.25, 0.3) is 11.0 Å². The summed E-state index contributed by atoms with van der Waals surface area (Å²) in [6.45, 7) is 7.15. The second-order valence-electron chi connectivity index (χ2n) is 7.83. The first kappa shape index (κ1) is 22.6. The lowest BCUT2D eigenvalue weighted by Gasteiger charge is -2.31. The highest BCUT2D eigenvalue weighted by Gasteiger charge is 2.31. The van der Waals surface area contributed by atoms with E-state index in [1.54, 1.807) is 0 Å². The Morgan fingerprint density at radius 3 is 2.70 bits per heavy atom. The number of unbranched alkanes of at least 4 members (excludes halogenated alkanes) is 1. The Labute approximate surface area is 178 Å². The molecule has 166 valence electrons. The van der Waals surface area contributed by atoms with E-state index in [9.17, 15) is 13.2 Å². The first-order valence-corrected chi connectivity index (χ1v) is 12.4. The average molecular weight is 437 g/mol. The predicted molar refractivity (Wildman–Crippen MR) is 117 cm³/mol. The van der Waals surface area contributed by atoms with Gasteiger partial charge in [0.2, 0.25) is 15.9 Å². The average Bonchev–Trinajstić information content (AvgIpc) is 3.18. The number of ether oxygens (including phenoxy) is 1. The lowest BCUT2D eigenvalue weighted by atomic mass is 9.97. The number of piperidine rings is 1. The Morgan fingerprint density at radius 1 is 1.30 bits per heavy atom. The van der Waals surface area contributed by atoms with Crippen molar-refractivity contribution in [3.05, 3.63) is 30.0 Å². The van der Waals surface area contributed by atoms with Gasteiger partial charge in [-0.25, -0.2) is 12.7 Å². The van der Waals surface area contributed by atoms with Crippen LogP contribution in [0, 0.1) is 5.92 Å². The van der Waals surface area contributed by atoms with Gasteiger partial charge < -0.3 is 14.5 Å². The molecule has 1 N–H and O–H groups in total. The van der Waals surface area contributed by atoms with E-state index in [2.05, 4.69) is 5.32 Å². The van der Waals surface area contributed by atoms with Crippen LogP contribution in [-0.2, 0) is 14.8 Å². The van der Waals surface area contributed by atoms with Crippen LogP contribution in [0.2, 0.25) is 0 Å². The van der Waals surface area contributed by atoms with Gasteiger partial charge in [-0.15, -0.1) is 0 Å². The Bertz CT molecular complexity index is 961. The summed E-state index contributed by atoms with van der Waals surface area (Å²) in [5.74, 6) is 1.31. The predicted octanol–water partition coefficient (Wildman–Crippen LogP) is 3.85. The Balaban J connectivity index is 1.59. The zero-order valence-electron chi connectivity index (χ0n) is 18.0. The monoisotopic (exact) mass is 436 g/mol. The van der Waals surface area contributed by atoms with Crippen molar-refractivity contribution in [1.29, 1.82) is 0 Å². The second-order valence-corrected chi connectivity index (χ2v) is 9.92. The standard InChI is InChI=1S/C22H32N2O5S/c1-4-6-14-30(26,27)24-12-10-17(11-13-24)22(25)23-16(3)20-15-18-8-7-9-19(28-5-2)21(18)29-20/h7-9,15-17H,4-6,10-14H2,1-3H3,(H,23,25). The van der Waals surface area contributed by atoms with Gasteiger partial charge in [-0.1, -0.05) is 25.5 Å². The number of hydrogen-bond donors (Lipinski definition) is 1. The molecule has 1 aromatic heterocycles. The maximum Gasteiger partial charge on any atom is 0.223 e. The highest BCUT2D eigenvalue weighted by molar-refractivity contribution is 7.89. The van der Waals surface area contributed by atoms with E-state index in [1.165, 1.54) is 4.31 Å². The van der Waals surface area contributed by atoms with Crippen LogP contribution in [0.4, 0.5) is 0 Å². The number of amides is 1. The van der Waals surface area contributed by atoms with Crippen LogP contribution in [0.5, 0.6) is 5.75 Å². The quantitative estimate of drug-likeness (QED) is 0.645. The molecule has 1 atom stereocenters. The van der Waals surface area contributed by atoms with Gasteiger partial charge in [0.1, 0.15) is 5.76 Å². The minimum absolute atomic E-state index is 0.0569. The molecule has 30 heavy (non-hydrogen) atoms. The third-order valence-electron chi connectivity index (χ3n) is 5.59. The number of nitrogens with one attached hydrogen (secondary N) is 1. The molecular weight excluding hydrogens is 404 g/mol. The number of nitrogens with zero attached hydrogens (tertiary/aromatic N) is 1. The van der Waals surface area contributed by atoms with Crippen LogP contribution in [0.1, 0.15) is 58.3 Å². The molecule has 1 amide bonds. The summed E-state index contributed by atoms with van der Waals surface area (Å²) in [6, 6.07) is 7.37. The Kier molecular flexibility index (Phi) is 7.41. The maximum atomic E-state index is 12.7. The number of sulfonamides is 1. The van der Waals surface area contributed by atoms with E-state index >= 15 is 0 Å². The number of furan rings is 1. The van der Waals surface area contributed by atoms with Gasteiger partial charge in [-0.05, 0) is 45.2 Å². The fourth-order valence-corrected chi connectivity index (χ4v) is 5.47. The molecule has 0 bridgehead atoms. The van der Waals surface area contributed by atoms with Gasteiger partial charge in [0.05, 0.1) is 18.4 Å². The summed E-state index contributed by atoms with van der Waals surface area (Å²) in [4.78, 5) is 12.7. The molecule has 1 fully saturated rings. The normalized spacial score (nSPS) is 17.2. The summed E-state index contributed by atoms with van der Waals surface area (Å²) in [5.41, 5.74) is 0.682. The molecule has 0 aliphatic carbocycles. The Morgan fingerprint density at radius 2 is 2.03 bits per heavy atom. The third-order valence-corrected chi connectivity index (χ3v) is 7.54. The third kappa shape index (κ3) is 5.16. The summed E-state index contributed by atoms with van der Waals surface area (Å²) in [6.07, 6.45) is 2.60. The van der Waals surface area contributed by atoms with Crippen molar-refractivity contribution in [2.75, 3.05) is 25.4 Å². The fourth-order valence-electron chi connectivity index (χ4n) is 3.79. The molecule has 3 rings (SSSR count). The molecule has 7 nitrogen and oxygen atoms in total. The molecule has 2 aromatic rings. The van der Waals surface area contributed by atoms with E-state index in [0.29, 0.717) is 56.1 Å². The summed E-state index contributed by atoms with van der Waals surface area (Å²) in [7, 11) is -3.21. The van der Waals surface area contributed by atoms with E-state index in [0.717, 1.165) is 11.8 Å². The molecule has 0 radical (unpaired) electrons. The lowest BCUT2D eigenvalue weighted by Crippen LogP contribution is -2.44. The smallest absolute Gasteiger partial charge is 0.223 e. The molecule has 0 spiro atoms. The first-order valence-electron chi connectivity index (χ1n) is 10.8. The number of carbonyl (C=O) groups is 1. The topological polar surface area (TPSA) is 88.9 Å². The van der Waals surface area contributed by atoms with Crippen molar-refractivity contribution in [2.24, 2.45) is 5.92 Å². The zero-order valence-corrected chi connectivity index (χ0v) is 18.8. The number of carbonyl (C=O) groups excluding carboxylic acids is 1. The van der Waals surface area contributed by atoms with Gasteiger partial charge in [-0.2, -0.15) is 0 Å². The number of rotatable bonds is 9. The van der Waals surface area contributed by atoms with Crippen LogP contribution < -0.4 is 10.1 Å². The fraction of sp³-hybridized carbons (Fsp3) is 0.591. The maximum absolute atomic E-state index is 12.7.